The summed E-state index contributed by atoms with van der Waals surface area (Å²) in [4.78, 5) is 50.7. The van der Waals surface area contributed by atoms with Gasteiger partial charge in [-0.2, -0.15) is 0 Å². The Morgan fingerprint density at radius 3 is 1.60 bits per heavy atom. The normalized spacial score (nSPS) is 31.0. The summed E-state index contributed by atoms with van der Waals surface area (Å²) in [5.74, 6) is -5.61. The van der Waals surface area contributed by atoms with Gasteiger partial charge in [-0.15, -0.1) is 0 Å². The van der Waals surface area contributed by atoms with Gasteiger partial charge in [0.1, 0.15) is 37.6 Å². The smallest absolute Gasteiger partial charge is 0.306 e. The standard InChI is InChI=1S/C32H54O15/c1-16(2)9-22(35)41-14-21-26(39)27(40)29(44-24(37)11-18(5)6)31(42-21)47-32(15-34)30(45-25(38)12-19(7)8)28(20(13-33)46-32)43-23(36)10-17(3)4/h16-21,26-31,33-34,39-40H,9-15H2,1-8H3/t20-,21-,26-,27+,28-,29-,30+,31-,32+/m1/s1. The number of aliphatic hydroxyl groups excluding tert-OH is 4. The quantitative estimate of drug-likeness (QED) is 0.125. The molecule has 0 saturated carbocycles. The molecule has 0 spiro atoms. The lowest BCUT2D eigenvalue weighted by molar-refractivity contribution is -0.384. The van der Waals surface area contributed by atoms with Gasteiger partial charge < -0.3 is 53.6 Å². The van der Waals surface area contributed by atoms with Gasteiger partial charge in [0.15, 0.2) is 18.3 Å². The highest BCUT2D eigenvalue weighted by molar-refractivity contribution is 5.71. The number of ether oxygens (including phenoxy) is 7. The Morgan fingerprint density at radius 2 is 1.13 bits per heavy atom. The maximum absolute atomic E-state index is 13.0. The molecule has 2 saturated heterocycles. The maximum atomic E-state index is 13.0. The van der Waals surface area contributed by atoms with E-state index in [4.69, 9.17) is 33.2 Å². The van der Waals surface area contributed by atoms with Gasteiger partial charge in [0, 0.05) is 25.7 Å². The van der Waals surface area contributed by atoms with Crippen molar-refractivity contribution in [1.82, 2.24) is 0 Å². The molecule has 4 N–H and O–H groups in total. The van der Waals surface area contributed by atoms with Gasteiger partial charge >= 0.3 is 23.9 Å². The van der Waals surface area contributed by atoms with Gasteiger partial charge in [0.25, 0.3) is 0 Å². The Balaban J connectivity index is 2.53. The molecule has 9 atom stereocenters. The van der Waals surface area contributed by atoms with Gasteiger partial charge in [0.05, 0.1) is 6.61 Å². The fourth-order valence-electron chi connectivity index (χ4n) is 5.15. The molecule has 2 rings (SSSR count). The molecule has 0 aromatic rings. The fourth-order valence-corrected chi connectivity index (χ4v) is 5.15. The van der Waals surface area contributed by atoms with Crippen molar-refractivity contribution in [2.24, 2.45) is 23.7 Å². The van der Waals surface area contributed by atoms with Gasteiger partial charge in [0.2, 0.25) is 12.1 Å². The first kappa shape index (κ1) is 40.8. The molecule has 0 amide bonds. The van der Waals surface area contributed by atoms with E-state index in [-0.39, 0.29) is 49.4 Å². The van der Waals surface area contributed by atoms with Crippen LogP contribution in [-0.4, -0.2) is 119 Å². The van der Waals surface area contributed by atoms with Gasteiger partial charge in [-0.3, -0.25) is 19.2 Å². The number of esters is 4. The zero-order valence-corrected chi connectivity index (χ0v) is 28.7. The summed E-state index contributed by atoms with van der Waals surface area (Å²) in [6.45, 7) is 11.9. The summed E-state index contributed by atoms with van der Waals surface area (Å²) in [6, 6.07) is 0. The molecule has 0 aliphatic carbocycles. The lowest BCUT2D eigenvalue weighted by atomic mass is 9.98. The number of carbonyl (C=O) groups is 4. The molecule has 0 unspecified atom stereocenters. The van der Waals surface area contributed by atoms with Crippen molar-refractivity contribution in [2.75, 3.05) is 19.8 Å². The first-order valence-electron chi connectivity index (χ1n) is 16.3. The molecular formula is C32H54O15. The molecule has 2 aliphatic rings. The minimum atomic E-state index is -2.39. The second-order valence-corrected chi connectivity index (χ2v) is 13.8. The number of hydrogen-bond donors (Lipinski definition) is 4. The Morgan fingerprint density at radius 1 is 0.660 bits per heavy atom. The minimum Gasteiger partial charge on any atom is -0.463 e. The summed E-state index contributed by atoms with van der Waals surface area (Å²) in [5, 5.41) is 43.0. The number of rotatable bonds is 17. The van der Waals surface area contributed by atoms with Crippen LogP contribution < -0.4 is 0 Å². The van der Waals surface area contributed by atoms with E-state index in [1.54, 1.807) is 41.5 Å². The molecule has 0 radical (unpaired) electrons. The minimum absolute atomic E-state index is 0.0187. The number of hydrogen-bond acceptors (Lipinski definition) is 15. The predicted octanol–water partition coefficient (Wildman–Crippen LogP) is 0.992. The van der Waals surface area contributed by atoms with Crippen molar-refractivity contribution in [3.8, 4) is 0 Å². The average molecular weight is 679 g/mol. The molecule has 2 heterocycles. The lowest BCUT2D eigenvalue weighted by Crippen LogP contribution is -2.64. The summed E-state index contributed by atoms with van der Waals surface area (Å²) < 4.78 is 40.0. The van der Waals surface area contributed by atoms with E-state index >= 15 is 0 Å². The number of carbonyl (C=O) groups excluding carboxylic acids is 4. The molecule has 0 aromatic carbocycles. The Hall–Kier alpha value is -2.40. The lowest BCUT2D eigenvalue weighted by Gasteiger charge is -2.45. The van der Waals surface area contributed by atoms with Crippen LogP contribution >= 0.6 is 0 Å². The SMILES string of the molecule is CC(C)CC(=O)OC[C@H]1O[C@H](O[C@]2(CO)O[C@H](CO)[C@@H](OC(=O)CC(C)C)[C@@H]2OC(=O)CC(C)C)[C@H](OC(=O)CC(C)C)[C@@H](O)[C@@H]1O. The summed E-state index contributed by atoms with van der Waals surface area (Å²) >= 11 is 0. The first-order chi connectivity index (χ1) is 21.9. The Kier molecular flexibility index (Phi) is 16.0. The molecule has 47 heavy (non-hydrogen) atoms. The van der Waals surface area contributed by atoms with Crippen LogP contribution in [0.3, 0.4) is 0 Å². The third kappa shape index (κ3) is 11.9. The summed E-state index contributed by atoms with van der Waals surface area (Å²) in [6.07, 6.45) is -13.1. The second-order valence-electron chi connectivity index (χ2n) is 13.8. The zero-order valence-electron chi connectivity index (χ0n) is 28.7. The molecule has 0 aromatic heterocycles. The van der Waals surface area contributed by atoms with Crippen LogP contribution in [0.5, 0.6) is 0 Å². The van der Waals surface area contributed by atoms with Crippen molar-refractivity contribution in [2.45, 2.75) is 136 Å². The first-order valence-corrected chi connectivity index (χ1v) is 16.3. The topological polar surface area (TPSA) is 214 Å². The largest absolute Gasteiger partial charge is 0.463 e. The fraction of sp³-hybridized carbons (Fsp3) is 0.875. The average Bonchev–Trinajstić information content (AvgIpc) is 3.22. The molecule has 15 heteroatoms. The van der Waals surface area contributed by atoms with E-state index in [1.807, 2.05) is 13.8 Å². The molecular weight excluding hydrogens is 624 g/mol. The summed E-state index contributed by atoms with van der Waals surface area (Å²) in [5.41, 5.74) is 0. The Labute approximate surface area is 276 Å². The van der Waals surface area contributed by atoms with Gasteiger partial charge in [-0.05, 0) is 23.7 Å². The van der Waals surface area contributed by atoms with E-state index in [2.05, 4.69) is 0 Å². The van der Waals surface area contributed by atoms with E-state index in [0.29, 0.717) is 0 Å². The van der Waals surface area contributed by atoms with Crippen LogP contribution in [0.15, 0.2) is 0 Å². The molecule has 2 fully saturated rings. The number of aliphatic hydroxyl groups is 4. The monoisotopic (exact) mass is 678 g/mol. The van der Waals surface area contributed by atoms with Gasteiger partial charge in [-0.25, -0.2) is 0 Å². The third-order valence-corrected chi connectivity index (χ3v) is 7.31. The molecule has 2 aliphatic heterocycles. The van der Waals surface area contributed by atoms with E-state index in [0.717, 1.165) is 0 Å². The van der Waals surface area contributed by atoms with E-state index in [1.165, 1.54) is 0 Å². The predicted molar refractivity (Wildman–Crippen MR) is 162 cm³/mol. The van der Waals surface area contributed by atoms with Crippen LogP contribution in [0.4, 0.5) is 0 Å². The van der Waals surface area contributed by atoms with Crippen molar-refractivity contribution < 1.29 is 72.8 Å². The van der Waals surface area contributed by atoms with Crippen molar-refractivity contribution >= 4 is 23.9 Å². The maximum Gasteiger partial charge on any atom is 0.306 e. The summed E-state index contributed by atoms with van der Waals surface area (Å²) in [7, 11) is 0. The zero-order chi connectivity index (χ0) is 35.6. The highest BCUT2D eigenvalue weighted by atomic mass is 16.8. The second kappa shape index (κ2) is 18.4. The van der Waals surface area contributed by atoms with Crippen LogP contribution in [0.2, 0.25) is 0 Å². The van der Waals surface area contributed by atoms with Crippen LogP contribution in [-0.2, 0) is 52.3 Å². The van der Waals surface area contributed by atoms with Crippen molar-refractivity contribution in [1.29, 1.82) is 0 Å². The Bertz CT molecular complexity index is 1030. The van der Waals surface area contributed by atoms with Crippen molar-refractivity contribution in [3.05, 3.63) is 0 Å². The van der Waals surface area contributed by atoms with Crippen LogP contribution in [0, 0.1) is 23.7 Å². The van der Waals surface area contributed by atoms with Crippen LogP contribution in [0.25, 0.3) is 0 Å². The highest BCUT2D eigenvalue weighted by Crippen LogP contribution is 2.40. The van der Waals surface area contributed by atoms with Crippen molar-refractivity contribution in [3.63, 3.8) is 0 Å². The highest BCUT2D eigenvalue weighted by Gasteiger charge is 2.63. The van der Waals surface area contributed by atoms with E-state index in [9.17, 15) is 39.6 Å². The third-order valence-electron chi connectivity index (χ3n) is 7.31. The molecule has 15 nitrogen and oxygen atoms in total. The van der Waals surface area contributed by atoms with Gasteiger partial charge in [-0.1, -0.05) is 55.4 Å². The molecule has 0 bridgehead atoms. The molecule has 272 valence electrons. The van der Waals surface area contributed by atoms with Crippen LogP contribution in [0.1, 0.15) is 81.1 Å². The van der Waals surface area contributed by atoms with E-state index < -0.39 is 98.5 Å².